The van der Waals surface area contributed by atoms with Crippen molar-refractivity contribution in [3.05, 3.63) is 28.5 Å². The summed E-state index contributed by atoms with van der Waals surface area (Å²) in [5.41, 5.74) is 6.04. The lowest BCUT2D eigenvalue weighted by molar-refractivity contribution is -0.137. The maximum absolute atomic E-state index is 13.3. The molecule has 0 heterocycles. The third kappa shape index (κ3) is 3.11. The van der Waals surface area contributed by atoms with Crippen molar-refractivity contribution in [1.82, 2.24) is 0 Å². The number of carboxylic acid groups (broad SMARTS) is 1. The molecule has 1 aromatic carbocycles. The zero-order valence-electron chi connectivity index (χ0n) is 9.53. The van der Waals surface area contributed by atoms with E-state index in [2.05, 4.69) is 0 Å². The molecule has 0 amide bonds. The number of ether oxygens (including phenoxy) is 1. The average Bonchev–Trinajstić information content (AvgIpc) is 3.04. The van der Waals surface area contributed by atoms with Gasteiger partial charge in [-0.1, -0.05) is 11.6 Å². The summed E-state index contributed by atoms with van der Waals surface area (Å²) in [5, 5.41) is 8.84. The van der Waals surface area contributed by atoms with Crippen molar-refractivity contribution in [3.63, 3.8) is 0 Å². The van der Waals surface area contributed by atoms with Crippen molar-refractivity contribution in [3.8, 4) is 5.75 Å². The van der Waals surface area contributed by atoms with Crippen LogP contribution >= 0.6 is 11.6 Å². The second kappa shape index (κ2) is 5.12. The molecule has 1 aliphatic rings. The lowest BCUT2D eigenvalue weighted by Gasteiger charge is -2.17. The number of nitrogens with two attached hydrogens (primary N) is 1. The van der Waals surface area contributed by atoms with Gasteiger partial charge in [-0.05, 0) is 25.0 Å². The van der Waals surface area contributed by atoms with Gasteiger partial charge in [-0.25, -0.2) is 4.39 Å². The van der Waals surface area contributed by atoms with Crippen molar-refractivity contribution in [2.75, 3.05) is 0 Å². The lowest BCUT2D eigenvalue weighted by atomic mass is 10.0. The molecule has 6 heteroatoms. The molecule has 0 saturated heterocycles. The predicted octanol–water partition coefficient (Wildman–Crippen LogP) is 2.49. The monoisotopic (exact) mass is 273 g/mol. The van der Waals surface area contributed by atoms with Gasteiger partial charge in [0.05, 0.1) is 17.5 Å². The van der Waals surface area contributed by atoms with Crippen LogP contribution in [0.15, 0.2) is 12.1 Å². The van der Waals surface area contributed by atoms with E-state index in [4.69, 9.17) is 27.2 Å². The fourth-order valence-corrected chi connectivity index (χ4v) is 1.89. The Bertz CT molecular complexity index is 477. The van der Waals surface area contributed by atoms with Gasteiger partial charge in [-0.2, -0.15) is 0 Å². The maximum atomic E-state index is 13.3. The first-order chi connectivity index (χ1) is 8.47. The summed E-state index contributed by atoms with van der Waals surface area (Å²) < 4.78 is 18.9. The standard InChI is InChI=1S/C12H13ClFNO3/c13-9-4-6(14)3-8(10(15)5-11(16)17)12(9)18-7-1-2-7/h3-4,7,10H,1-2,5,15H2,(H,16,17). The number of aliphatic carboxylic acids is 1. The van der Waals surface area contributed by atoms with Gasteiger partial charge in [0.2, 0.25) is 0 Å². The van der Waals surface area contributed by atoms with Gasteiger partial charge in [0, 0.05) is 11.6 Å². The van der Waals surface area contributed by atoms with E-state index in [9.17, 15) is 9.18 Å². The van der Waals surface area contributed by atoms with Crippen LogP contribution in [0, 0.1) is 5.82 Å². The second-order valence-corrected chi connectivity index (χ2v) is 4.73. The van der Waals surface area contributed by atoms with Crippen molar-refractivity contribution in [2.45, 2.75) is 31.4 Å². The Morgan fingerprint density at radius 2 is 2.28 bits per heavy atom. The number of rotatable bonds is 5. The number of carbonyl (C=O) groups is 1. The number of hydrogen-bond donors (Lipinski definition) is 2. The molecule has 0 aromatic heterocycles. The smallest absolute Gasteiger partial charge is 0.305 e. The van der Waals surface area contributed by atoms with E-state index in [1.54, 1.807) is 0 Å². The molecule has 4 nitrogen and oxygen atoms in total. The third-order valence-electron chi connectivity index (χ3n) is 2.64. The highest BCUT2D eigenvalue weighted by molar-refractivity contribution is 6.32. The summed E-state index contributed by atoms with van der Waals surface area (Å²) in [6.07, 6.45) is 1.60. The number of carboxylic acids is 1. The molecule has 1 aromatic rings. The van der Waals surface area contributed by atoms with Crippen LogP contribution in [-0.2, 0) is 4.79 Å². The van der Waals surface area contributed by atoms with Gasteiger partial charge < -0.3 is 15.6 Å². The molecular weight excluding hydrogens is 261 g/mol. The highest BCUT2D eigenvalue weighted by Gasteiger charge is 2.28. The molecule has 18 heavy (non-hydrogen) atoms. The van der Waals surface area contributed by atoms with Crippen molar-refractivity contribution in [1.29, 1.82) is 0 Å². The maximum Gasteiger partial charge on any atom is 0.305 e. The van der Waals surface area contributed by atoms with Crippen molar-refractivity contribution < 1.29 is 19.0 Å². The zero-order valence-corrected chi connectivity index (χ0v) is 10.3. The first-order valence-electron chi connectivity index (χ1n) is 5.60. The van der Waals surface area contributed by atoms with E-state index < -0.39 is 17.8 Å². The quantitative estimate of drug-likeness (QED) is 0.864. The summed E-state index contributed by atoms with van der Waals surface area (Å²) in [7, 11) is 0. The number of benzene rings is 1. The molecule has 1 aliphatic carbocycles. The van der Waals surface area contributed by atoms with Crippen LogP contribution in [0.2, 0.25) is 5.02 Å². The summed E-state index contributed by atoms with van der Waals surface area (Å²) in [6.45, 7) is 0. The largest absolute Gasteiger partial charge is 0.489 e. The predicted molar refractivity (Wildman–Crippen MR) is 64.2 cm³/mol. The molecule has 3 N–H and O–H groups in total. The third-order valence-corrected chi connectivity index (χ3v) is 2.92. The minimum absolute atomic E-state index is 0.0729. The SMILES string of the molecule is NC(CC(=O)O)c1cc(F)cc(Cl)c1OC1CC1. The molecule has 0 bridgehead atoms. The fraction of sp³-hybridized carbons (Fsp3) is 0.417. The molecule has 2 rings (SSSR count). The normalized spacial score (nSPS) is 16.4. The molecule has 1 unspecified atom stereocenters. The molecule has 0 spiro atoms. The number of halogens is 2. The van der Waals surface area contributed by atoms with E-state index in [0.29, 0.717) is 11.3 Å². The highest BCUT2D eigenvalue weighted by Crippen LogP contribution is 2.38. The van der Waals surface area contributed by atoms with Gasteiger partial charge in [-0.15, -0.1) is 0 Å². The minimum Gasteiger partial charge on any atom is -0.489 e. The Morgan fingerprint density at radius 1 is 1.61 bits per heavy atom. The zero-order chi connectivity index (χ0) is 13.3. The van der Waals surface area contributed by atoms with Gasteiger partial charge in [0.25, 0.3) is 0 Å². The average molecular weight is 274 g/mol. The van der Waals surface area contributed by atoms with Crippen LogP contribution in [-0.4, -0.2) is 17.2 Å². The van der Waals surface area contributed by atoms with Crippen molar-refractivity contribution >= 4 is 17.6 Å². The van der Waals surface area contributed by atoms with E-state index in [0.717, 1.165) is 18.9 Å². The van der Waals surface area contributed by atoms with Crippen molar-refractivity contribution in [2.24, 2.45) is 5.73 Å². The van der Waals surface area contributed by atoms with Crippen LogP contribution in [0.3, 0.4) is 0 Å². The minimum atomic E-state index is -1.06. The molecule has 0 radical (unpaired) electrons. The fourth-order valence-electron chi connectivity index (χ4n) is 1.63. The second-order valence-electron chi connectivity index (χ2n) is 4.33. The summed E-state index contributed by atoms with van der Waals surface area (Å²) in [5.74, 6) is -1.31. The Labute approximate surface area is 108 Å². The van der Waals surface area contributed by atoms with Crippen LogP contribution in [0.25, 0.3) is 0 Å². The van der Waals surface area contributed by atoms with Gasteiger partial charge in [0.1, 0.15) is 11.6 Å². The Kier molecular flexibility index (Phi) is 3.73. The van der Waals surface area contributed by atoms with Crippen LogP contribution in [0.5, 0.6) is 5.75 Å². The van der Waals surface area contributed by atoms with Crippen LogP contribution < -0.4 is 10.5 Å². The molecule has 1 saturated carbocycles. The van der Waals surface area contributed by atoms with Crippen LogP contribution in [0.4, 0.5) is 4.39 Å². The Morgan fingerprint density at radius 3 is 2.83 bits per heavy atom. The van der Waals surface area contributed by atoms with E-state index in [1.165, 1.54) is 6.07 Å². The van der Waals surface area contributed by atoms with E-state index in [-0.39, 0.29) is 17.5 Å². The topological polar surface area (TPSA) is 72.6 Å². The molecule has 98 valence electrons. The first kappa shape index (κ1) is 13.1. The first-order valence-corrected chi connectivity index (χ1v) is 5.98. The summed E-state index contributed by atoms with van der Waals surface area (Å²) in [6, 6.07) is 1.47. The molecule has 0 aliphatic heterocycles. The van der Waals surface area contributed by atoms with E-state index >= 15 is 0 Å². The Balaban J connectivity index is 2.32. The van der Waals surface area contributed by atoms with Gasteiger partial charge >= 0.3 is 5.97 Å². The summed E-state index contributed by atoms with van der Waals surface area (Å²) >= 11 is 5.92. The molecule has 1 fully saturated rings. The van der Waals surface area contributed by atoms with Gasteiger partial charge in [0.15, 0.2) is 0 Å². The molecule has 1 atom stereocenters. The molecular formula is C12H13ClFNO3. The number of hydrogen-bond acceptors (Lipinski definition) is 3. The summed E-state index contributed by atoms with van der Waals surface area (Å²) in [4.78, 5) is 10.7. The highest BCUT2D eigenvalue weighted by atomic mass is 35.5. The van der Waals surface area contributed by atoms with Crippen LogP contribution in [0.1, 0.15) is 30.9 Å². The lowest BCUT2D eigenvalue weighted by Crippen LogP contribution is -2.17. The van der Waals surface area contributed by atoms with E-state index in [1.807, 2.05) is 0 Å². The Hall–Kier alpha value is -1.33. The van der Waals surface area contributed by atoms with Gasteiger partial charge in [-0.3, -0.25) is 4.79 Å².